The molecule has 23 heavy (non-hydrogen) atoms. The van der Waals surface area contributed by atoms with Crippen LogP contribution in [0.2, 0.25) is 38.8 Å². The Labute approximate surface area is 145 Å². The minimum atomic E-state index is -1.77. The molecule has 134 valence electrons. The van der Waals surface area contributed by atoms with Gasteiger partial charge in [0.15, 0.2) is 7.83 Å². The topological polar surface area (TPSA) is 35.5 Å². The lowest BCUT2D eigenvalue weighted by molar-refractivity contribution is -0.137. The highest BCUT2D eigenvalue weighted by Gasteiger charge is 2.64. The first-order chi connectivity index (χ1) is 10.2. The predicted octanol–water partition coefficient (Wildman–Crippen LogP) is 4.63. The summed E-state index contributed by atoms with van der Waals surface area (Å²) in [7, 11) is -5.05. The highest BCUT2D eigenvalue weighted by Crippen LogP contribution is 2.46. The lowest BCUT2D eigenvalue weighted by atomic mass is 9.96. The van der Waals surface area contributed by atoms with E-state index >= 15 is 0 Å². The Bertz CT molecular complexity index is 487. The Kier molecular flexibility index (Phi) is 6.00. The minimum absolute atomic E-state index is 0.0526. The molecule has 1 rings (SSSR count). The van der Waals surface area contributed by atoms with E-state index < -0.39 is 22.5 Å². The van der Waals surface area contributed by atoms with Crippen molar-refractivity contribution in [2.45, 2.75) is 78.5 Å². The number of hydrogen-bond acceptors (Lipinski definition) is 3. The van der Waals surface area contributed by atoms with Crippen molar-refractivity contribution in [2.75, 3.05) is 6.23 Å². The zero-order valence-electron chi connectivity index (χ0n) is 16.6. The molecule has 0 radical (unpaired) electrons. The maximum atomic E-state index is 11.9. The quantitative estimate of drug-likeness (QED) is 0.401. The highest BCUT2D eigenvalue weighted by atomic mass is 29.6. The van der Waals surface area contributed by atoms with Gasteiger partial charge in [0, 0.05) is 5.57 Å². The van der Waals surface area contributed by atoms with Crippen LogP contribution in [0.5, 0.6) is 0 Å². The van der Waals surface area contributed by atoms with Crippen molar-refractivity contribution < 1.29 is 14.0 Å². The molecule has 1 aliphatic rings. The first-order valence-corrected chi connectivity index (χ1v) is 19.5. The SMILES string of the molecule is C=C(C)C(=O)OC[Si]1(C)CC(C)(CC(C)C)O[Si](C)(C)[Si]1(C)C. The Balaban J connectivity index is 3.13. The van der Waals surface area contributed by atoms with Gasteiger partial charge in [0.05, 0.1) is 26.5 Å². The summed E-state index contributed by atoms with van der Waals surface area (Å²) in [5.74, 6) is 0.379. The van der Waals surface area contributed by atoms with Gasteiger partial charge < -0.3 is 9.16 Å². The normalized spacial score (nSPS) is 32.6. The van der Waals surface area contributed by atoms with Gasteiger partial charge in [-0.3, -0.25) is 0 Å². The molecular weight excluding hydrogens is 336 g/mol. The monoisotopic (exact) mass is 372 g/mol. The van der Waals surface area contributed by atoms with Crippen LogP contribution in [0, 0.1) is 5.92 Å². The fourth-order valence-corrected chi connectivity index (χ4v) is 35.2. The van der Waals surface area contributed by atoms with Crippen LogP contribution in [0.15, 0.2) is 12.2 Å². The average Bonchev–Trinajstić information content (AvgIpc) is 2.31. The molecule has 0 aromatic heterocycles. The summed E-state index contributed by atoms with van der Waals surface area (Å²) in [5, 5.41) is 0. The van der Waals surface area contributed by atoms with Crippen LogP contribution in [0.3, 0.4) is 0 Å². The molecule has 1 heterocycles. The fraction of sp³-hybridized carbons (Fsp3) is 0.824. The summed E-state index contributed by atoms with van der Waals surface area (Å²) in [6.07, 6.45) is 1.72. The molecule has 0 aromatic carbocycles. The van der Waals surface area contributed by atoms with E-state index in [-0.39, 0.29) is 11.6 Å². The smallest absolute Gasteiger partial charge is 0.332 e. The van der Waals surface area contributed by atoms with Gasteiger partial charge in [0.1, 0.15) is 0 Å². The second-order valence-electron chi connectivity index (χ2n) is 9.38. The molecule has 1 aliphatic heterocycles. The van der Waals surface area contributed by atoms with E-state index in [9.17, 15) is 4.79 Å². The van der Waals surface area contributed by atoms with Crippen molar-refractivity contribution in [2.24, 2.45) is 5.92 Å². The largest absolute Gasteiger partial charge is 0.466 e. The molecule has 6 heteroatoms. The number of hydrogen-bond donors (Lipinski definition) is 0. The van der Waals surface area contributed by atoms with E-state index in [4.69, 9.17) is 9.16 Å². The number of rotatable bonds is 5. The van der Waals surface area contributed by atoms with Crippen LogP contribution in [0.1, 0.15) is 34.1 Å². The van der Waals surface area contributed by atoms with E-state index in [0.717, 1.165) is 12.5 Å². The second-order valence-corrected chi connectivity index (χ2v) is 35.9. The lowest BCUT2D eigenvalue weighted by Gasteiger charge is -2.59. The summed E-state index contributed by atoms with van der Waals surface area (Å²) in [4.78, 5) is 11.9. The van der Waals surface area contributed by atoms with E-state index in [0.29, 0.717) is 17.7 Å². The molecule has 2 unspecified atom stereocenters. The average molecular weight is 373 g/mol. The molecule has 1 fully saturated rings. The van der Waals surface area contributed by atoms with Crippen LogP contribution >= 0.6 is 0 Å². The number of ether oxygens (including phenoxy) is 1. The van der Waals surface area contributed by atoms with E-state index in [2.05, 4.69) is 60.1 Å². The Morgan fingerprint density at radius 3 is 2.22 bits per heavy atom. The third kappa shape index (κ3) is 4.27. The van der Waals surface area contributed by atoms with Gasteiger partial charge in [-0.2, -0.15) is 0 Å². The molecule has 2 atom stereocenters. The van der Waals surface area contributed by atoms with Crippen molar-refractivity contribution in [3.05, 3.63) is 12.2 Å². The summed E-state index contributed by atoms with van der Waals surface area (Å²) in [6, 6.07) is 1.11. The molecule has 0 saturated carbocycles. The van der Waals surface area contributed by atoms with Crippen molar-refractivity contribution in [1.82, 2.24) is 0 Å². The van der Waals surface area contributed by atoms with Gasteiger partial charge in [-0.15, -0.1) is 0 Å². The second kappa shape index (κ2) is 6.61. The van der Waals surface area contributed by atoms with Gasteiger partial charge in [0.2, 0.25) is 0 Å². The summed E-state index contributed by atoms with van der Waals surface area (Å²) in [6.45, 7) is 24.5. The first kappa shape index (κ1) is 20.9. The molecular formula is C17H36O3Si3. The van der Waals surface area contributed by atoms with Gasteiger partial charge >= 0.3 is 5.97 Å². The van der Waals surface area contributed by atoms with E-state index in [1.807, 2.05) is 0 Å². The van der Waals surface area contributed by atoms with E-state index in [1.54, 1.807) is 6.92 Å². The van der Waals surface area contributed by atoms with Gasteiger partial charge in [-0.1, -0.05) is 40.1 Å². The van der Waals surface area contributed by atoms with Gasteiger partial charge in [0.25, 0.3) is 0 Å². The van der Waals surface area contributed by atoms with Crippen molar-refractivity contribution in [3.63, 3.8) is 0 Å². The third-order valence-electron chi connectivity index (χ3n) is 5.99. The maximum Gasteiger partial charge on any atom is 0.332 e. The van der Waals surface area contributed by atoms with Crippen molar-refractivity contribution in [3.8, 4) is 0 Å². The van der Waals surface area contributed by atoms with Crippen molar-refractivity contribution in [1.29, 1.82) is 0 Å². The van der Waals surface area contributed by atoms with Crippen LogP contribution in [-0.4, -0.2) is 40.3 Å². The lowest BCUT2D eigenvalue weighted by Crippen LogP contribution is -2.80. The number of carbonyl (C=O) groups excluding carboxylic acids is 1. The molecule has 3 nitrogen and oxygen atoms in total. The zero-order chi connectivity index (χ0) is 18.3. The molecule has 0 aromatic rings. The van der Waals surface area contributed by atoms with Crippen LogP contribution in [0.4, 0.5) is 0 Å². The highest BCUT2D eigenvalue weighted by molar-refractivity contribution is 7.68. The summed E-state index contributed by atoms with van der Waals surface area (Å²) < 4.78 is 12.5. The standard InChI is InChI=1S/C17H36O3Si3/c1-14(2)11-17(5)12-23(10,13-19-16(18)15(3)4)22(8,9)21(6,7)20-17/h14H,3,11-13H2,1-2,4-10H3. The minimum Gasteiger partial charge on any atom is -0.466 e. The van der Waals surface area contributed by atoms with Gasteiger partial charge in [-0.25, -0.2) is 4.79 Å². The fourth-order valence-electron chi connectivity index (χ4n) is 4.11. The molecule has 1 saturated heterocycles. The molecule has 0 amide bonds. The molecule has 0 N–H and O–H groups in total. The molecule has 0 bridgehead atoms. The van der Waals surface area contributed by atoms with Crippen molar-refractivity contribution >= 4 is 28.5 Å². The van der Waals surface area contributed by atoms with Crippen LogP contribution in [0.25, 0.3) is 0 Å². The summed E-state index contributed by atoms with van der Waals surface area (Å²) in [5.41, 5.74) is 0.443. The predicted molar refractivity (Wildman–Crippen MR) is 106 cm³/mol. The number of esters is 1. The van der Waals surface area contributed by atoms with Gasteiger partial charge in [-0.05, 0) is 45.3 Å². The molecule has 0 aliphatic carbocycles. The maximum absolute atomic E-state index is 11.9. The zero-order valence-corrected chi connectivity index (χ0v) is 19.6. The Morgan fingerprint density at radius 1 is 1.26 bits per heavy atom. The number of carbonyl (C=O) groups is 1. The van der Waals surface area contributed by atoms with E-state index in [1.165, 1.54) is 0 Å². The first-order valence-electron chi connectivity index (χ1n) is 8.69. The Morgan fingerprint density at radius 2 is 1.78 bits per heavy atom. The molecule has 0 spiro atoms. The van der Waals surface area contributed by atoms with Crippen LogP contribution in [-0.2, 0) is 14.0 Å². The Hall–Kier alpha value is -0.179. The summed E-state index contributed by atoms with van der Waals surface area (Å²) >= 11 is 0. The van der Waals surface area contributed by atoms with Crippen LogP contribution < -0.4 is 0 Å². The third-order valence-corrected chi connectivity index (χ3v) is 45.5.